The average Bonchev–Trinajstić information content (AvgIpc) is 2.91. The van der Waals surface area contributed by atoms with Crippen molar-refractivity contribution in [2.75, 3.05) is 39.3 Å². The molecule has 0 radical (unpaired) electrons. The fraction of sp³-hybridized carbons (Fsp3) is 0.727. The molecule has 0 N–H and O–H groups in total. The van der Waals surface area contributed by atoms with Gasteiger partial charge in [-0.15, -0.1) is 0 Å². The van der Waals surface area contributed by atoms with Gasteiger partial charge in [0, 0.05) is 39.3 Å². The van der Waals surface area contributed by atoms with E-state index in [9.17, 15) is 14.4 Å². The van der Waals surface area contributed by atoms with Gasteiger partial charge in [0.05, 0.1) is 0 Å². The van der Waals surface area contributed by atoms with Crippen LogP contribution in [0.1, 0.15) is 12.8 Å². The number of hydrogen-bond donors (Lipinski definition) is 0. The average molecular weight is 239 g/mol. The molecule has 0 atom stereocenters. The number of carbonyl (C=O) groups is 3. The van der Waals surface area contributed by atoms with Gasteiger partial charge in [0.2, 0.25) is 6.41 Å². The summed E-state index contributed by atoms with van der Waals surface area (Å²) in [6.45, 7) is 3.33. The number of amides is 3. The standard InChI is InChI=1S/C11H17N3O3/c15-9-12-5-7-14(8-6-12)11(17)10(16)13-3-1-2-4-13/h9H,1-8H2. The van der Waals surface area contributed by atoms with Gasteiger partial charge in [-0.2, -0.15) is 0 Å². The van der Waals surface area contributed by atoms with Crippen molar-refractivity contribution in [1.29, 1.82) is 0 Å². The molecule has 2 aliphatic rings. The molecule has 2 fully saturated rings. The van der Waals surface area contributed by atoms with Crippen LogP contribution in [0.3, 0.4) is 0 Å². The molecule has 0 spiro atoms. The van der Waals surface area contributed by atoms with E-state index >= 15 is 0 Å². The highest BCUT2D eigenvalue weighted by Gasteiger charge is 2.30. The highest BCUT2D eigenvalue weighted by atomic mass is 16.2. The van der Waals surface area contributed by atoms with Crippen molar-refractivity contribution in [3.8, 4) is 0 Å². The fourth-order valence-electron chi connectivity index (χ4n) is 2.22. The van der Waals surface area contributed by atoms with E-state index in [-0.39, 0.29) is 5.91 Å². The van der Waals surface area contributed by atoms with Gasteiger partial charge in [0.15, 0.2) is 0 Å². The molecule has 0 aliphatic carbocycles. The molecule has 17 heavy (non-hydrogen) atoms. The third kappa shape index (κ3) is 2.57. The molecular weight excluding hydrogens is 222 g/mol. The number of nitrogens with zero attached hydrogens (tertiary/aromatic N) is 3. The van der Waals surface area contributed by atoms with Gasteiger partial charge in [-0.3, -0.25) is 14.4 Å². The minimum atomic E-state index is -0.419. The van der Waals surface area contributed by atoms with Crippen LogP contribution in [-0.4, -0.2) is 72.2 Å². The molecule has 2 aliphatic heterocycles. The molecule has 6 nitrogen and oxygen atoms in total. The van der Waals surface area contributed by atoms with Crippen molar-refractivity contribution in [2.24, 2.45) is 0 Å². The molecule has 0 unspecified atom stereocenters. The van der Waals surface area contributed by atoms with E-state index in [2.05, 4.69) is 0 Å². The Morgan fingerprint density at radius 1 is 0.765 bits per heavy atom. The van der Waals surface area contributed by atoms with Crippen molar-refractivity contribution in [1.82, 2.24) is 14.7 Å². The molecule has 2 saturated heterocycles. The summed E-state index contributed by atoms with van der Waals surface area (Å²) in [6.07, 6.45) is 2.75. The zero-order chi connectivity index (χ0) is 12.3. The summed E-state index contributed by atoms with van der Waals surface area (Å²) in [5.74, 6) is -0.806. The monoisotopic (exact) mass is 239 g/mol. The summed E-state index contributed by atoms with van der Waals surface area (Å²) in [5.41, 5.74) is 0. The van der Waals surface area contributed by atoms with E-state index in [4.69, 9.17) is 0 Å². The predicted octanol–water partition coefficient (Wildman–Crippen LogP) is -1.09. The van der Waals surface area contributed by atoms with Gasteiger partial charge < -0.3 is 14.7 Å². The van der Waals surface area contributed by atoms with E-state index in [1.54, 1.807) is 14.7 Å². The first-order valence-corrected chi connectivity index (χ1v) is 6.00. The van der Waals surface area contributed by atoms with Crippen molar-refractivity contribution >= 4 is 18.2 Å². The molecule has 0 aromatic carbocycles. The van der Waals surface area contributed by atoms with E-state index in [1.807, 2.05) is 0 Å². The SMILES string of the molecule is O=CN1CCN(C(=O)C(=O)N2CCCC2)CC1. The molecule has 3 amide bonds. The van der Waals surface area contributed by atoms with Gasteiger partial charge >= 0.3 is 11.8 Å². The lowest BCUT2D eigenvalue weighted by Crippen LogP contribution is -2.52. The minimum Gasteiger partial charge on any atom is -0.342 e. The number of rotatable bonds is 1. The Bertz CT molecular complexity index is 318. The van der Waals surface area contributed by atoms with Crippen LogP contribution in [-0.2, 0) is 14.4 Å². The first-order valence-electron chi connectivity index (χ1n) is 6.00. The largest absolute Gasteiger partial charge is 0.342 e. The zero-order valence-corrected chi connectivity index (χ0v) is 9.80. The molecule has 0 aromatic heterocycles. The zero-order valence-electron chi connectivity index (χ0n) is 9.80. The van der Waals surface area contributed by atoms with Gasteiger partial charge in [-0.05, 0) is 12.8 Å². The summed E-state index contributed by atoms with van der Waals surface area (Å²) in [5, 5.41) is 0. The van der Waals surface area contributed by atoms with E-state index in [1.165, 1.54) is 0 Å². The second kappa shape index (κ2) is 5.16. The van der Waals surface area contributed by atoms with Gasteiger partial charge in [-0.1, -0.05) is 0 Å². The van der Waals surface area contributed by atoms with Crippen molar-refractivity contribution in [2.45, 2.75) is 12.8 Å². The Kier molecular flexibility index (Phi) is 3.61. The van der Waals surface area contributed by atoms with Crippen LogP contribution in [0.2, 0.25) is 0 Å². The normalized spacial score (nSPS) is 20.6. The third-order valence-electron chi connectivity index (χ3n) is 3.33. The summed E-state index contributed by atoms with van der Waals surface area (Å²) >= 11 is 0. The smallest absolute Gasteiger partial charge is 0.312 e. The summed E-state index contributed by atoms with van der Waals surface area (Å²) < 4.78 is 0. The summed E-state index contributed by atoms with van der Waals surface area (Å²) in [4.78, 5) is 39.1. The molecule has 94 valence electrons. The molecule has 6 heteroatoms. The van der Waals surface area contributed by atoms with Crippen LogP contribution >= 0.6 is 0 Å². The highest BCUT2D eigenvalue weighted by molar-refractivity contribution is 6.34. The molecule has 0 aromatic rings. The fourth-order valence-corrected chi connectivity index (χ4v) is 2.22. The van der Waals surface area contributed by atoms with Crippen LogP contribution in [0.5, 0.6) is 0 Å². The first-order chi connectivity index (χ1) is 8.22. The Morgan fingerprint density at radius 3 is 1.71 bits per heavy atom. The van der Waals surface area contributed by atoms with Crippen molar-refractivity contribution in [3.05, 3.63) is 0 Å². The number of carbonyl (C=O) groups excluding carboxylic acids is 3. The quantitative estimate of drug-likeness (QED) is 0.431. The molecule has 0 bridgehead atoms. The summed E-state index contributed by atoms with van der Waals surface area (Å²) in [6, 6.07) is 0. The van der Waals surface area contributed by atoms with E-state index in [0.717, 1.165) is 19.3 Å². The highest BCUT2D eigenvalue weighted by Crippen LogP contribution is 2.09. The lowest BCUT2D eigenvalue weighted by molar-refractivity contribution is -0.152. The molecule has 0 saturated carbocycles. The van der Waals surface area contributed by atoms with Crippen molar-refractivity contribution in [3.63, 3.8) is 0 Å². The first kappa shape index (κ1) is 11.9. The topological polar surface area (TPSA) is 60.9 Å². The Hall–Kier alpha value is -1.59. The molecular formula is C11H17N3O3. The number of piperazine rings is 1. The number of likely N-dealkylation sites (tertiary alicyclic amines) is 1. The molecule has 2 heterocycles. The van der Waals surface area contributed by atoms with Crippen LogP contribution in [0.15, 0.2) is 0 Å². The van der Waals surface area contributed by atoms with Gasteiger partial charge in [-0.25, -0.2) is 0 Å². The van der Waals surface area contributed by atoms with E-state index in [0.29, 0.717) is 39.3 Å². The van der Waals surface area contributed by atoms with E-state index < -0.39 is 5.91 Å². The maximum absolute atomic E-state index is 11.9. The Labute approximate surface area is 100 Å². The Morgan fingerprint density at radius 2 is 1.24 bits per heavy atom. The van der Waals surface area contributed by atoms with Crippen LogP contribution < -0.4 is 0 Å². The molecule has 2 rings (SSSR count). The van der Waals surface area contributed by atoms with Crippen LogP contribution in [0, 0.1) is 0 Å². The second-order valence-corrected chi connectivity index (χ2v) is 4.43. The minimum absolute atomic E-state index is 0.387. The lowest BCUT2D eigenvalue weighted by Gasteiger charge is -2.32. The van der Waals surface area contributed by atoms with Crippen molar-refractivity contribution < 1.29 is 14.4 Å². The maximum Gasteiger partial charge on any atom is 0.312 e. The second-order valence-electron chi connectivity index (χ2n) is 4.43. The van der Waals surface area contributed by atoms with Crippen LogP contribution in [0.4, 0.5) is 0 Å². The van der Waals surface area contributed by atoms with Gasteiger partial charge in [0.25, 0.3) is 0 Å². The van der Waals surface area contributed by atoms with Crippen LogP contribution in [0.25, 0.3) is 0 Å². The van der Waals surface area contributed by atoms with Gasteiger partial charge in [0.1, 0.15) is 0 Å². The number of hydrogen-bond acceptors (Lipinski definition) is 3. The Balaban J connectivity index is 1.87. The third-order valence-corrected chi connectivity index (χ3v) is 3.33. The maximum atomic E-state index is 11.9. The summed E-state index contributed by atoms with van der Waals surface area (Å²) in [7, 11) is 0. The predicted molar refractivity (Wildman–Crippen MR) is 60.0 cm³/mol. The lowest BCUT2D eigenvalue weighted by atomic mass is 10.3.